The molecule has 0 radical (unpaired) electrons. The van der Waals surface area contributed by atoms with Crippen LogP contribution in [0.3, 0.4) is 0 Å². The van der Waals surface area contributed by atoms with E-state index in [9.17, 15) is 13.2 Å². The Balaban J connectivity index is 1.68. The van der Waals surface area contributed by atoms with Gasteiger partial charge in [-0.2, -0.15) is 0 Å². The summed E-state index contributed by atoms with van der Waals surface area (Å²) in [6.07, 6.45) is 0.751. The lowest BCUT2D eigenvalue weighted by Gasteiger charge is -2.11. The Labute approximate surface area is 158 Å². The van der Waals surface area contributed by atoms with E-state index in [4.69, 9.17) is 9.47 Å². The number of carbonyl (C=O) groups is 1. The van der Waals surface area contributed by atoms with Crippen LogP contribution >= 0.6 is 0 Å². The third-order valence-corrected chi connectivity index (χ3v) is 5.45. The Morgan fingerprint density at radius 2 is 1.74 bits per heavy atom. The van der Waals surface area contributed by atoms with Crippen molar-refractivity contribution in [1.29, 1.82) is 0 Å². The molecule has 8 heteroatoms. The first kappa shape index (κ1) is 19.2. The van der Waals surface area contributed by atoms with E-state index in [0.29, 0.717) is 36.8 Å². The molecule has 2 aromatic carbocycles. The normalized spacial score (nSPS) is 13.7. The highest BCUT2D eigenvalue weighted by molar-refractivity contribution is 7.89. The number of amides is 1. The summed E-state index contributed by atoms with van der Waals surface area (Å²) in [6, 6.07) is 11.4. The molecule has 0 aliphatic carbocycles. The van der Waals surface area contributed by atoms with Crippen molar-refractivity contribution < 1.29 is 22.7 Å². The van der Waals surface area contributed by atoms with Crippen LogP contribution in [0.5, 0.6) is 11.5 Å². The SMILES string of the molecule is CCNC(=O)c1ccc(CNS(=O)(=O)c2ccc3c(c2)OCCCO3)cc1. The highest BCUT2D eigenvalue weighted by Gasteiger charge is 2.18. The number of carbonyl (C=O) groups excluding carboxylic acids is 1. The Morgan fingerprint density at radius 1 is 1.04 bits per heavy atom. The lowest BCUT2D eigenvalue weighted by Crippen LogP contribution is -2.24. The van der Waals surface area contributed by atoms with Crippen LogP contribution in [0.25, 0.3) is 0 Å². The average Bonchev–Trinajstić information content (AvgIpc) is 2.92. The van der Waals surface area contributed by atoms with Gasteiger partial charge < -0.3 is 14.8 Å². The summed E-state index contributed by atoms with van der Waals surface area (Å²) in [6.45, 7) is 3.55. The van der Waals surface area contributed by atoms with Crippen LogP contribution in [0.1, 0.15) is 29.3 Å². The Hall–Kier alpha value is -2.58. The fourth-order valence-corrected chi connectivity index (χ4v) is 3.64. The number of ether oxygens (including phenoxy) is 2. The number of fused-ring (bicyclic) bond motifs is 1. The van der Waals surface area contributed by atoms with Gasteiger partial charge in [-0.25, -0.2) is 13.1 Å². The number of sulfonamides is 1. The van der Waals surface area contributed by atoms with Gasteiger partial charge in [0.05, 0.1) is 18.1 Å². The van der Waals surface area contributed by atoms with E-state index in [-0.39, 0.29) is 17.3 Å². The first-order chi connectivity index (χ1) is 13.0. The number of hydrogen-bond donors (Lipinski definition) is 2. The number of rotatable bonds is 6. The largest absolute Gasteiger partial charge is 0.490 e. The summed E-state index contributed by atoms with van der Waals surface area (Å²) >= 11 is 0. The van der Waals surface area contributed by atoms with Crippen molar-refractivity contribution in [2.45, 2.75) is 24.8 Å². The van der Waals surface area contributed by atoms with Gasteiger partial charge in [-0.3, -0.25) is 4.79 Å². The molecule has 0 bridgehead atoms. The maximum Gasteiger partial charge on any atom is 0.251 e. The zero-order chi connectivity index (χ0) is 19.3. The molecule has 1 amide bonds. The fraction of sp³-hybridized carbons (Fsp3) is 0.316. The van der Waals surface area contributed by atoms with Crippen LogP contribution in [0.2, 0.25) is 0 Å². The predicted molar refractivity (Wildman–Crippen MR) is 101 cm³/mol. The molecular formula is C19H22N2O5S. The second kappa shape index (κ2) is 8.41. The zero-order valence-electron chi connectivity index (χ0n) is 15.0. The third kappa shape index (κ3) is 4.78. The van der Waals surface area contributed by atoms with E-state index in [1.807, 2.05) is 6.92 Å². The molecule has 0 aromatic heterocycles. The summed E-state index contributed by atoms with van der Waals surface area (Å²) in [5.41, 5.74) is 1.28. The molecule has 27 heavy (non-hydrogen) atoms. The van der Waals surface area contributed by atoms with Crippen molar-refractivity contribution in [3.63, 3.8) is 0 Å². The van der Waals surface area contributed by atoms with Gasteiger partial charge in [0.15, 0.2) is 11.5 Å². The van der Waals surface area contributed by atoms with E-state index in [1.54, 1.807) is 30.3 Å². The molecule has 7 nitrogen and oxygen atoms in total. The first-order valence-corrected chi connectivity index (χ1v) is 10.2. The van der Waals surface area contributed by atoms with Crippen LogP contribution in [-0.2, 0) is 16.6 Å². The highest BCUT2D eigenvalue weighted by atomic mass is 32.2. The molecular weight excluding hydrogens is 368 g/mol. The van der Waals surface area contributed by atoms with Crippen LogP contribution in [-0.4, -0.2) is 34.1 Å². The second-order valence-corrected chi connectivity index (χ2v) is 7.81. The lowest BCUT2D eigenvalue weighted by molar-refractivity contribution is 0.0956. The summed E-state index contributed by atoms with van der Waals surface area (Å²) in [7, 11) is -3.70. The fourth-order valence-electron chi connectivity index (χ4n) is 2.61. The van der Waals surface area contributed by atoms with Gasteiger partial charge in [0.2, 0.25) is 10.0 Å². The molecule has 0 saturated carbocycles. The quantitative estimate of drug-likeness (QED) is 0.788. The van der Waals surface area contributed by atoms with Gasteiger partial charge in [0.25, 0.3) is 5.91 Å². The maximum absolute atomic E-state index is 12.6. The summed E-state index contributed by atoms with van der Waals surface area (Å²) in [5.74, 6) is 0.825. The van der Waals surface area contributed by atoms with Crippen LogP contribution in [0.15, 0.2) is 47.4 Å². The molecule has 144 valence electrons. The van der Waals surface area contributed by atoms with Gasteiger partial charge in [-0.15, -0.1) is 0 Å². The number of hydrogen-bond acceptors (Lipinski definition) is 5. The van der Waals surface area contributed by atoms with Gasteiger partial charge >= 0.3 is 0 Å². The van der Waals surface area contributed by atoms with E-state index < -0.39 is 10.0 Å². The zero-order valence-corrected chi connectivity index (χ0v) is 15.8. The van der Waals surface area contributed by atoms with Crippen LogP contribution in [0, 0.1) is 0 Å². The van der Waals surface area contributed by atoms with Gasteiger partial charge in [0.1, 0.15) is 0 Å². The average molecular weight is 390 g/mol. The lowest BCUT2D eigenvalue weighted by atomic mass is 10.1. The standard InChI is InChI=1S/C19H22N2O5S/c1-2-20-19(22)15-6-4-14(5-7-15)13-21-27(23,24)16-8-9-17-18(12-16)26-11-3-10-25-17/h4-9,12,21H,2-3,10-11,13H2,1H3,(H,20,22). The van der Waals surface area contributed by atoms with Crippen LogP contribution < -0.4 is 19.5 Å². The van der Waals surface area contributed by atoms with Crippen molar-refractivity contribution in [3.05, 3.63) is 53.6 Å². The topological polar surface area (TPSA) is 93.7 Å². The van der Waals surface area contributed by atoms with E-state index in [2.05, 4.69) is 10.0 Å². The van der Waals surface area contributed by atoms with E-state index >= 15 is 0 Å². The van der Waals surface area contributed by atoms with Crippen molar-refractivity contribution in [2.75, 3.05) is 19.8 Å². The van der Waals surface area contributed by atoms with Gasteiger partial charge in [-0.1, -0.05) is 12.1 Å². The molecule has 0 unspecified atom stereocenters. The smallest absolute Gasteiger partial charge is 0.251 e. The Bertz CT molecular complexity index is 910. The first-order valence-electron chi connectivity index (χ1n) is 8.76. The Kier molecular flexibility index (Phi) is 5.98. The molecule has 0 spiro atoms. The van der Waals surface area contributed by atoms with Crippen molar-refractivity contribution in [3.8, 4) is 11.5 Å². The molecule has 3 rings (SSSR count). The molecule has 1 aliphatic rings. The predicted octanol–water partition coefficient (Wildman–Crippen LogP) is 2.08. The highest BCUT2D eigenvalue weighted by Crippen LogP contribution is 2.31. The molecule has 1 aliphatic heterocycles. The summed E-state index contributed by atoms with van der Waals surface area (Å²) in [4.78, 5) is 11.9. The minimum atomic E-state index is -3.70. The van der Waals surface area contributed by atoms with Gasteiger partial charge in [-0.05, 0) is 36.8 Å². The van der Waals surface area contributed by atoms with Crippen molar-refractivity contribution in [1.82, 2.24) is 10.0 Å². The number of benzene rings is 2. The molecule has 0 fully saturated rings. The monoisotopic (exact) mass is 390 g/mol. The minimum absolute atomic E-state index is 0.116. The summed E-state index contributed by atoms with van der Waals surface area (Å²) < 4.78 is 38.8. The van der Waals surface area contributed by atoms with Crippen molar-refractivity contribution in [2.24, 2.45) is 0 Å². The van der Waals surface area contributed by atoms with Crippen LogP contribution in [0.4, 0.5) is 0 Å². The maximum atomic E-state index is 12.6. The second-order valence-electron chi connectivity index (χ2n) is 6.04. The van der Waals surface area contributed by atoms with Gasteiger partial charge in [0, 0.05) is 31.1 Å². The molecule has 1 heterocycles. The van der Waals surface area contributed by atoms with Crippen molar-refractivity contribution >= 4 is 15.9 Å². The Morgan fingerprint density at radius 3 is 2.44 bits per heavy atom. The molecule has 0 atom stereocenters. The molecule has 2 aromatic rings. The van der Waals surface area contributed by atoms with E-state index in [1.165, 1.54) is 12.1 Å². The van der Waals surface area contributed by atoms with E-state index in [0.717, 1.165) is 12.0 Å². The number of nitrogens with one attached hydrogen (secondary N) is 2. The summed E-state index contributed by atoms with van der Waals surface area (Å²) in [5, 5.41) is 2.72. The minimum Gasteiger partial charge on any atom is -0.490 e. The molecule has 2 N–H and O–H groups in total. The molecule has 0 saturated heterocycles. The third-order valence-electron chi connectivity index (χ3n) is 4.05.